The summed E-state index contributed by atoms with van der Waals surface area (Å²) in [4.78, 5) is 10.6. The molecule has 0 aromatic rings. The van der Waals surface area contributed by atoms with Crippen LogP contribution in [0.4, 0.5) is 0 Å². The topological polar surface area (TPSA) is 55.8 Å². The van der Waals surface area contributed by atoms with Crippen LogP contribution in [0, 0.1) is 0 Å². The number of hydrogen-bond donors (Lipinski definition) is 1. The molecule has 4 nitrogen and oxygen atoms in total. The van der Waals surface area contributed by atoms with Gasteiger partial charge in [0.1, 0.15) is 12.2 Å². The van der Waals surface area contributed by atoms with Gasteiger partial charge in [0.15, 0.2) is 6.10 Å². The molecule has 0 spiro atoms. The Balaban J connectivity index is 2.60. The van der Waals surface area contributed by atoms with Crippen LogP contribution >= 0.6 is 0 Å². The lowest BCUT2D eigenvalue weighted by Crippen LogP contribution is -2.41. The van der Waals surface area contributed by atoms with Crippen molar-refractivity contribution in [2.24, 2.45) is 0 Å². The van der Waals surface area contributed by atoms with Crippen molar-refractivity contribution in [3.63, 3.8) is 0 Å². The van der Waals surface area contributed by atoms with Crippen LogP contribution in [0.15, 0.2) is 12.3 Å². The van der Waals surface area contributed by atoms with Crippen molar-refractivity contribution < 1.29 is 19.4 Å². The average Bonchev–Trinajstić information content (AvgIpc) is 1.97. The number of carbonyl (C=O) groups excluding carboxylic acids is 1. The first-order chi connectivity index (χ1) is 5.61. The largest absolute Gasteiger partial charge is 0.495 e. The van der Waals surface area contributed by atoms with Crippen molar-refractivity contribution in [3.05, 3.63) is 12.3 Å². The first-order valence-corrected chi connectivity index (χ1v) is 3.78. The Morgan fingerprint density at radius 3 is 2.83 bits per heavy atom. The van der Waals surface area contributed by atoms with Crippen LogP contribution in [0.5, 0.6) is 0 Å². The molecule has 0 saturated heterocycles. The summed E-state index contributed by atoms with van der Waals surface area (Å²) in [5, 5.41) is 9.34. The molecule has 1 aliphatic heterocycles. The Labute approximate surface area is 70.8 Å². The second-order valence-electron chi connectivity index (χ2n) is 2.73. The zero-order valence-corrected chi connectivity index (χ0v) is 7.06. The van der Waals surface area contributed by atoms with Gasteiger partial charge in [-0.25, -0.2) is 0 Å². The Bertz CT molecular complexity index is 199. The highest BCUT2D eigenvalue weighted by atomic mass is 16.6. The normalized spacial score (nSPS) is 34.1. The third-order valence-corrected chi connectivity index (χ3v) is 1.67. The van der Waals surface area contributed by atoms with Crippen molar-refractivity contribution in [1.29, 1.82) is 0 Å². The van der Waals surface area contributed by atoms with Gasteiger partial charge in [-0.15, -0.1) is 0 Å². The maximum absolute atomic E-state index is 10.6. The fourth-order valence-corrected chi connectivity index (χ4v) is 1.07. The van der Waals surface area contributed by atoms with Crippen LogP contribution in [0.3, 0.4) is 0 Å². The van der Waals surface area contributed by atoms with E-state index in [1.165, 1.54) is 19.3 Å². The highest BCUT2D eigenvalue weighted by Gasteiger charge is 2.30. The number of carbonyl (C=O) groups is 1. The van der Waals surface area contributed by atoms with Gasteiger partial charge < -0.3 is 14.6 Å². The van der Waals surface area contributed by atoms with E-state index in [0.717, 1.165) is 0 Å². The molecule has 0 aliphatic carbocycles. The molecule has 0 bridgehead atoms. The fourth-order valence-electron chi connectivity index (χ4n) is 1.07. The molecular formula is C8H12O4. The van der Waals surface area contributed by atoms with E-state index in [1.807, 2.05) is 0 Å². The zero-order valence-electron chi connectivity index (χ0n) is 7.06. The molecular weight excluding hydrogens is 160 g/mol. The second-order valence-corrected chi connectivity index (χ2v) is 2.73. The number of hydrogen-bond acceptors (Lipinski definition) is 4. The summed E-state index contributed by atoms with van der Waals surface area (Å²) in [6.45, 7) is 3.04. The number of esters is 1. The monoisotopic (exact) mass is 172 g/mol. The van der Waals surface area contributed by atoms with Crippen LogP contribution in [0.2, 0.25) is 0 Å². The summed E-state index contributed by atoms with van der Waals surface area (Å²) in [7, 11) is 0. The van der Waals surface area contributed by atoms with Gasteiger partial charge in [0.2, 0.25) is 0 Å². The van der Waals surface area contributed by atoms with E-state index in [-0.39, 0.29) is 6.10 Å². The van der Waals surface area contributed by atoms with E-state index in [1.54, 1.807) is 6.92 Å². The van der Waals surface area contributed by atoms with Gasteiger partial charge in [0.05, 0.1) is 6.26 Å². The molecule has 68 valence electrons. The van der Waals surface area contributed by atoms with Crippen molar-refractivity contribution in [3.8, 4) is 0 Å². The molecule has 4 heteroatoms. The van der Waals surface area contributed by atoms with Crippen LogP contribution in [-0.2, 0) is 14.3 Å². The summed E-state index contributed by atoms with van der Waals surface area (Å²) in [6.07, 6.45) is 1.21. The second kappa shape index (κ2) is 3.58. The molecule has 0 unspecified atom stereocenters. The molecule has 3 atom stereocenters. The Morgan fingerprint density at radius 1 is 1.67 bits per heavy atom. The van der Waals surface area contributed by atoms with Gasteiger partial charge >= 0.3 is 5.97 Å². The van der Waals surface area contributed by atoms with Gasteiger partial charge in [-0.3, -0.25) is 4.79 Å². The minimum atomic E-state index is -0.766. The van der Waals surface area contributed by atoms with Crippen molar-refractivity contribution >= 4 is 5.97 Å². The minimum absolute atomic E-state index is 0.297. The number of ether oxygens (including phenoxy) is 2. The maximum atomic E-state index is 10.6. The smallest absolute Gasteiger partial charge is 0.303 e. The lowest BCUT2D eigenvalue weighted by molar-refractivity contribution is -0.160. The molecule has 0 fully saturated rings. The number of rotatable bonds is 1. The predicted molar refractivity (Wildman–Crippen MR) is 41.2 cm³/mol. The van der Waals surface area contributed by atoms with E-state index in [0.29, 0.717) is 0 Å². The predicted octanol–water partition coefficient (Wildman–Crippen LogP) is 0.211. The summed E-state index contributed by atoms with van der Waals surface area (Å²) >= 11 is 0. The Hall–Kier alpha value is -1.03. The van der Waals surface area contributed by atoms with Gasteiger partial charge in [0.25, 0.3) is 0 Å². The van der Waals surface area contributed by atoms with Gasteiger partial charge in [-0.2, -0.15) is 0 Å². The van der Waals surface area contributed by atoms with Crippen LogP contribution in [0.1, 0.15) is 13.8 Å². The first kappa shape index (κ1) is 9.06. The summed E-state index contributed by atoms with van der Waals surface area (Å²) < 4.78 is 9.89. The van der Waals surface area contributed by atoms with Gasteiger partial charge in [-0.05, 0) is 13.0 Å². The molecule has 1 N–H and O–H groups in total. The summed E-state index contributed by atoms with van der Waals surface area (Å²) in [5.41, 5.74) is 0. The lowest BCUT2D eigenvalue weighted by atomic mass is 10.1. The third-order valence-electron chi connectivity index (χ3n) is 1.67. The van der Waals surface area contributed by atoms with Crippen LogP contribution in [-0.4, -0.2) is 29.4 Å². The number of aliphatic hydroxyl groups excluding tert-OH is 1. The SMILES string of the molecule is CC(=O)O[C@H]1[C@H](C)OC=C[C@@H]1O. The minimum Gasteiger partial charge on any atom is -0.495 e. The molecule has 12 heavy (non-hydrogen) atoms. The number of aliphatic hydroxyl groups is 1. The molecule has 1 rings (SSSR count). The van der Waals surface area contributed by atoms with E-state index >= 15 is 0 Å². The van der Waals surface area contributed by atoms with E-state index in [4.69, 9.17) is 9.47 Å². The van der Waals surface area contributed by atoms with E-state index < -0.39 is 18.2 Å². The van der Waals surface area contributed by atoms with Gasteiger partial charge in [0, 0.05) is 6.92 Å². The standard InChI is InChI=1S/C8H12O4/c1-5-8(12-6(2)9)7(10)3-4-11-5/h3-5,7-8,10H,1-2H3/t5-,7-,8-/m0/s1. The van der Waals surface area contributed by atoms with Crippen LogP contribution in [0.25, 0.3) is 0 Å². The highest BCUT2D eigenvalue weighted by Crippen LogP contribution is 2.15. The fraction of sp³-hybridized carbons (Fsp3) is 0.625. The van der Waals surface area contributed by atoms with Crippen LogP contribution < -0.4 is 0 Å². The Morgan fingerprint density at radius 2 is 2.33 bits per heavy atom. The lowest BCUT2D eigenvalue weighted by Gasteiger charge is -2.28. The maximum Gasteiger partial charge on any atom is 0.303 e. The molecule has 0 aromatic heterocycles. The summed E-state index contributed by atoms with van der Waals surface area (Å²) in [5.74, 6) is -0.412. The zero-order chi connectivity index (χ0) is 9.14. The van der Waals surface area contributed by atoms with E-state index in [9.17, 15) is 9.90 Å². The summed E-state index contributed by atoms with van der Waals surface area (Å²) in [6, 6.07) is 0. The molecule has 1 aliphatic rings. The van der Waals surface area contributed by atoms with Gasteiger partial charge in [-0.1, -0.05) is 0 Å². The molecule has 0 saturated carbocycles. The van der Waals surface area contributed by atoms with Crippen molar-refractivity contribution in [1.82, 2.24) is 0 Å². The van der Waals surface area contributed by atoms with Crippen molar-refractivity contribution in [2.45, 2.75) is 32.2 Å². The van der Waals surface area contributed by atoms with Crippen molar-refractivity contribution in [2.75, 3.05) is 0 Å². The quantitative estimate of drug-likeness (QED) is 0.574. The third kappa shape index (κ3) is 1.98. The van der Waals surface area contributed by atoms with E-state index in [2.05, 4.69) is 0 Å². The first-order valence-electron chi connectivity index (χ1n) is 3.78. The molecule has 0 amide bonds. The molecule has 1 heterocycles. The average molecular weight is 172 g/mol. The Kier molecular flexibility index (Phi) is 2.70. The molecule has 0 radical (unpaired) electrons. The molecule has 0 aromatic carbocycles. The highest BCUT2D eigenvalue weighted by molar-refractivity contribution is 5.66.